The number of carboxylic acid groups (broad SMARTS) is 1. The van der Waals surface area contributed by atoms with Crippen molar-refractivity contribution in [1.29, 1.82) is 0 Å². The maximum Gasteiger partial charge on any atom is 0.335 e. The Balaban J connectivity index is 2.86. The highest BCUT2D eigenvalue weighted by atomic mass is 32.1. The average molecular weight is 243 g/mol. The van der Waals surface area contributed by atoms with Gasteiger partial charge in [-0.3, -0.25) is 4.98 Å². The molecule has 0 saturated heterocycles. The number of nitrogens with zero attached hydrogens (tertiary/aromatic N) is 1. The summed E-state index contributed by atoms with van der Waals surface area (Å²) in [6.07, 6.45) is -0.584. The van der Waals surface area contributed by atoms with Gasteiger partial charge in [0.25, 0.3) is 0 Å². The summed E-state index contributed by atoms with van der Waals surface area (Å²) in [4.78, 5) is 14.5. The van der Waals surface area contributed by atoms with E-state index in [2.05, 4.69) is 17.6 Å². The highest BCUT2D eigenvalue weighted by Gasteiger charge is 2.19. The third-order valence-electron chi connectivity index (χ3n) is 2.12. The van der Waals surface area contributed by atoms with Crippen molar-refractivity contribution in [3.63, 3.8) is 0 Å². The van der Waals surface area contributed by atoms with Crippen molar-refractivity contribution < 1.29 is 20.1 Å². The van der Waals surface area contributed by atoms with Crippen molar-refractivity contribution in [3.05, 3.63) is 29.6 Å². The molecule has 0 amide bonds. The first-order valence-electron chi connectivity index (χ1n) is 4.72. The van der Waals surface area contributed by atoms with E-state index in [4.69, 9.17) is 5.11 Å². The molecular weight excluding hydrogens is 230 g/mol. The van der Waals surface area contributed by atoms with E-state index < -0.39 is 18.2 Å². The maximum atomic E-state index is 10.7. The van der Waals surface area contributed by atoms with Gasteiger partial charge in [0.2, 0.25) is 0 Å². The lowest BCUT2D eigenvalue weighted by molar-refractivity contribution is 0.0146. The van der Waals surface area contributed by atoms with Crippen molar-refractivity contribution >= 4 is 18.6 Å². The Hall–Kier alpha value is -1.11. The molecule has 0 bridgehead atoms. The highest BCUT2D eigenvalue weighted by molar-refractivity contribution is 7.80. The van der Waals surface area contributed by atoms with Crippen LogP contribution in [0.3, 0.4) is 0 Å². The lowest BCUT2D eigenvalue weighted by Gasteiger charge is -2.16. The van der Waals surface area contributed by atoms with Crippen LogP contribution in [0.1, 0.15) is 28.6 Å². The summed E-state index contributed by atoms with van der Waals surface area (Å²) in [5.74, 6) is -0.670. The van der Waals surface area contributed by atoms with Crippen molar-refractivity contribution in [2.75, 3.05) is 5.75 Å². The largest absolute Gasteiger partial charge is 0.478 e. The van der Waals surface area contributed by atoms with Gasteiger partial charge in [0.05, 0.1) is 17.4 Å². The first kappa shape index (κ1) is 13.0. The van der Waals surface area contributed by atoms with Gasteiger partial charge in [-0.05, 0) is 24.3 Å². The first-order chi connectivity index (χ1) is 7.56. The normalized spacial score (nSPS) is 14.4. The van der Waals surface area contributed by atoms with Gasteiger partial charge in [0.1, 0.15) is 6.10 Å². The van der Waals surface area contributed by atoms with Crippen LogP contribution in [0.25, 0.3) is 0 Å². The van der Waals surface area contributed by atoms with Gasteiger partial charge in [-0.25, -0.2) is 4.79 Å². The van der Waals surface area contributed by atoms with Crippen LogP contribution in [0, 0.1) is 0 Å². The van der Waals surface area contributed by atoms with Crippen molar-refractivity contribution in [3.8, 4) is 0 Å². The van der Waals surface area contributed by atoms with Gasteiger partial charge in [0.15, 0.2) is 0 Å². The van der Waals surface area contributed by atoms with Crippen molar-refractivity contribution in [2.24, 2.45) is 0 Å². The van der Waals surface area contributed by atoms with Gasteiger partial charge in [-0.2, -0.15) is 12.6 Å². The highest BCUT2D eigenvalue weighted by Crippen LogP contribution is 2.18. The van der Waals surface area contributed by atoms with Crippen LogP contribution in [0.5, 0.6) is 0 Å². The molecule has 1 aromatic rings. The summed E-state index contributed by atoms with van der Waals surface area (Å²) in [6.45, 7) is 0. The third kappa shape index (κ3) is 3.19. The van der Waals surface area contributed by atoms with Crippen LogP contribution in [0.4, 0.5) is 0 Å². The fourth-order valence-corrected chi connectivity index (χ4v) is 1.49. The average Bonchev–Trinajstić information content (AvgIpc) is 2.28. The molecule has 0 saturated carbocycles. The van der Waals surface area contributed by atoms with E-state index >= 15 is 0 Å². The first-order valence-corrected chi connectivity index (χ1v) is 5.35. The van der Waals surface area contributed by atoms with Gasteiger partial charge in [-0.15, -0.1) is 0 Å². The Morgan fingerprint density at radius 2 is 2.19 bits per heavy atom. The topological polar surface area (TPSA) is 90.7 Å². The van der Waals surface area contributed by atoms with Crippen molar-refractivity contribution in [2.45, 2.75) is 18.6 Å². The number of aliphatic hydroxyl groups excluding tert-OH is 2. The molecule has 5 nitrogen and oxygen atoms in total. The lowest BCUT2D eigenvalue weighted by Crippen LogP contribution is -2.20. The standard InChI is InChI=1S/C10H13NO4S/c12-8(2-4-16)9(13)7-5-6(10(14)15)1-3-11-7/h1,3,5,8-9,12-13,16H,2,4H2,(H,14,15). The monoisotopic (exact) mass is 243 g/mol. The van der Waals surface area contributed by atoms with E-state index in [9.17, 15) is 15.0 Å². The SMILES string of the molecule is O=C(O)c1ccnc(C(O)C(O)CCS)c1. The molecule has 0 aromatic carbocycles. The number of aliphatic hydroxyl groups is 2. The summed E-state index contributed by atoms with van der Waals surface area (Å²) in [5, 5.41) is 28.0. The number of rotatable bonds is 5. The molecule has 6 heteroatoms. The number of carbonyl (C=O) groups is 1. The predicted octanol–water partition coefficient (Wildman–Crippen LogP) is 0.494. The molecule has 1 aromatic heterocycles. The van der Waals surface area contributed by atoms with Gasteiger partial charge in [0, 0.05) is 6.20 Å². The Labute approximate surface area is 98.2 Å². The van der Waals surface area contributed by atoms with Crippen LogP contribution in [0.15, 0.2) is 18.3 Å². The molecule has 0 radical (unpaired) electrons. The second-order valence-corrected chi connectivity index (χ2v) is 3.75. The molecule has 88 valence electrons. The van der Waals surface area contributed by atoms with Gasteiger partial charge in [-0.1, -0.05) is 0 Å². The minimum Gasteiger partial charge on any atom is -0.478 e. The number of carboxylic acids is 1. The zero-order chi connectivity index (χ0) is 12.1. The molecule has 2 atom stereocenters. The molecular formula is C10H13NO4S. The molecule has 3 N–H and O–H groups in total. The minimum absolute atomic E-state index is 0.0297. The molecule has 0 aliphatic rings. The molecule has 16 heavy (non-hydrogen) atoms. The fraction of sp³-hybridized carbons (Fsp3) is 0.400. The number of hydrogen-bond acceptors (Lipinski definition) is 5. The van der Waals surface area contributed by atoms with E-state index in [1.807, 2.05) is 0 Å². The molecule has 2 unspecified atom stereocenters. The summed E-state index contributed by atoms with van der Waals surface area (Å²) in [6, 6.07) is 2.57. The molecule has 1 rings (SSSR count). The summed E-state index contributed by atoms with van der Waals surface area (Å²) in [5.41, 5.74) is 0.177. The quantitative estimate of drug-likeness (QED) is 0.565. The van der Waals surface area contributed by atoms with Crippen LogP contribution >= 0.6 is 12.6 Å². The van der Waals surface area contributed by atoms with Crippen molar-refractivity contribution in [1.82, 2.24) is 4.98 Å². The number of aromatic nitrogens is 1. The lowest BCUT2D eigenvalue weighted by atomic mass is 10.1. The second kappa shape index (κ2) is 5.83. The number of hydrogen-bond donors (Lipinski definition) is 4. The minimum atomic E-state index is -1.19. The van der Waals surface area contributed by atoms with Crippen LogP contribution in [-0.2, 0) is 0 Å². The molecule has 0 aliphatic carbocycles. The second-order valence-electron chi connectivity index (χ2n) is 3.30. The Bertz CT molecular complexity index is 372. The number of pyridine rings is 1. The van der Waals surface area contributed by atoms with E-state index in [-0.39, 0.29) is 11.3 Å². The molecule has 0 aliphatic heterocycles. The summed E-state index contributed by atoms with van der Waals surface area (Å²) >= 11 is 3.93. The van der Waals surface area contributed by atoms with E-state index in [0.29, 0.717) is 12.2 Å². The third-order valence-corrected chi connectivity index (χ3v) is 2.38. The van der Waals surface area contributed by atoms with Crippen LogP contribution in [0.2, 0.25) is 0 Å². The number of thiol groups is 1. The Morgan fingerprint density at radius 3 is 2.75 bits per heavy atom. The van der Waals surface area contributed by atoms with E-state index in [1.165, 1.54) is 18.3 Å². The van der Waals surface area contributed by atoms with Gasteiger partial charge < -0.3 is 15.3 Å². The molecule has 0 spiro atoms. The predicted molar refractivity (Wildman–Crippen MR) is 60.6 cm³/mol. The Morgan fingerprint density at radius 1 is 1.50 bits per heavy atom. The molecule has 1 heterocycles. The van der Waals surface area contributed by atoms with Crippen LogP contribution < -0.4 is 0 Å². The number of aromatic carboxylic acids is 1. The van der Waals surface area contributed by atoms with E-state index in [1.54, 1.807) is 0 Å². The zero-order valence-corrected chi connectivity index (χ0v) is 9.34. The molecule has 0 fully saturated rings. The Kier molecular flexibility index (Phi) is 4.72. The zero-order valence-electron chi connectivity index (χ0n) is 8.45. The smallest absolute Gasteiger partial charge is 0.335 e. The summed E-state index contributed by atoms with van der Waals surface area (Å²) in [7, 11) is 0. The summed E-state index contributed by atoms with van der Waals surface area (Å²) < 4.78 is 0. The van der Waals surface area contributed by atoms with Gasteiger partial charge >= 0.3 is 5.97 Å². The van der Waals surface area contributed by atoms with Crippen LogP contribution in [-0.4, -0.2) is 38.1 Å². The fourth-order valence-electron chi connectivity index (χ4n) is 1.23. The maximum absolute atomic E-state index is 10.7. The van der Waals surface area contributed by atoms with E-state index in [0.717, 1.165) is 0 Å².